The summed E-state index contributed by atoms with van der Waals surface area (Å²) in [6.07, 6.45) is -2.54. The molecule has 2 aliphatic rings. The molecule has 0 amide bonds. The molecule has 1 unspecified atom stereocenters. The van der Waals surface area contributed by atoms with Crippen LogP contribution in [0.15, 0.2) is 72.0 Å². The van der Waals surface area contributed by atoms with Crippen molar-refractivity contribution in [1.29, 1.82) is 0 Å². The van der Waals surface area contributed by atoms with Crippen LogP contribution in [0.3, 0.4) is 0 Å². The number of thioether (sulfide) groups is 1. The lowest BCUT2D eigenvalue weighted by Gasteiger charge is -2.25. The lowest BCUT2D eigenvalue weighted by atomic mass is 10.0. The summed E-state index contributed by atoms with van der Waals surface area (Å²) in [5, 5.41) is 19.6. The van der Waals surface area contributed by atoms with Crippen molar-refractivity contribution in [2.45, 2.75) is 51.9 Å². The largest absolute Gasteiger partial charge is 0.573 e. The Hall–Kier alpha value is -3.87. The van der Waals surface area contributed by atoms with Gasteiger partial charge in [0.05, 0.1) is 5.69 Å². The molecule has 3 aromatic carbocycles. The molecule has 0 radical (unpaired) electrons. The summed E-state index contributed by atoms with van der Waals surface area (Å²) in [4.78, 5) is 11.2. The van der Waals surface area contributed by atoms with Gasteiger partial charge in [-0.3, -0.25) is 5.32 Å². The first kappa shape index (κ1) is 29.2. The number of nitrogens with one attached hydrogen (secondary N) is 1. The Labute approximate surface area is 251 Å². The first-order chi connectivity index (χ1) is 20.5. The summed E-state index contributed by atoms with van der Waals surface area (Å²) < 4.78 is 42.7. The Balaban J connectivity index is 1.13. The number of ether oxygens (including phenoxy) is 1. The van der Waals surface area contributed by atoms with Gasteiger partial charge in [0.2, 0.25) is 6.35 Å². The van der Waals surface area contributed by atoms with E-state index in [0.717, 1.165) is 47.1 Å². The topological polar surface area (TPSA) is 87.8 Å². The number of nitrogens with zero attached hydrogens (tertiary/aromatic N) is 5. The summed E-state index contributed by atoms with van der Waals surface area (Å²) in [5.41, 5.74) is 6.79. The first-order valence-electron chi connectivity index (χ1n) is 13.9. The zero-order valence-corrected chi connectivity index (χ0v) is 24.7. The van der Waals surface area contributed by atoms with E-state index >= 15 is 0 Å². The quantitative estimate of drug-likeness (QED) is 0.230. The molecule has 1 aromatic heterocycles. The van der Waals surface area contributed by atoms with Crippen molar-refractivity contribution < 1.29 is 23.0 Å². The second-order valence-corrected chi connectivity index (χ2v) is 12.0. The molecule has 2 fully saturated rings. The minimum absolute atomic E-state index is 0.304. The number of aliphatic hydroxyl groups is 1. The second-order valence-electron chi connectivity index (χ2n) is 10.9. The molecule has 6 rings (SSSR count). The Morgan fingerprint density at radius 3 is 2.33 bits per heavy atom. The lowest BCUT2D eigenvalue weighted by molar-refractivity contribution is -0.274. The third-order valence-electron chi connectivity index (χ3n) is 7.59. The van der Waals surface area contributed by atoms with Crippen molar-refractivity contribution in [2.75, 3.05) is 17.2 Å². The van der Waals surface area contributed by atoms with Gasteiger partial charge in [0.15, 0.2) is 11.0 Å². The Morgan fingerprint density at radius 1 is 1.02 bits per heavy atom. The molecule has 1 saturated heterocycles. The molecule has 8 nitrogen and oxygen atoms in total. The minimum Gasteiger partial charge on any atom is -0.406 e. The van der Waals surface area contributed by atoms with Crippen molar-refractivity contribution in [3.63, 3.8) is 0 Å². The third-order valence-corrected chi connectivity index (χ3v) is 8.56. The monoisotopic (exact) mass is 608 g/mol. The highest BCUT2D eigenvalue weighted by atomic mass is 32.2. The maximum atomic E-state index is 12.4. The van der Waals surface area contributed by atoms with Crippen molar-refractivity contribution >= 4 is 22.6 Å². The maximum Gasteiger partial charge on any atom is 0.573 e. The molecule has 43 heavy (non-hydrogen) atoms. The van der Waals surface area contributed by atoms with Crippen LogP contribution in [-0.2, 0) is 5.54 Å². The molecule has 1 aliphatic carbocycles. The number of rotatable bonds is 8. The van der Waals surface area contributed by atoms with E-state index in [1.807, 2.05) is 24.3 Å². The van der Waals surface area contributed by atoms with Crippen molar-refractivity contribution in [3.8, 4) is 22.8 Å². The van der Waals surface area contributed by atoms with Crippen LogP contribution in [0.25, 0.3) is 17.1 Å². The van der Waals surface area contributed by atoms with E-state index in [1.165, 1.54) is 52.0 Å². The number of anilines is 1. The number of aromatic nitrogens is 3. The van der Waals surface area contributed by atoms with Crippen LogP contribution in [-0.4, -0.2) is 50.1 Å². The summed E-state index contributed by atoms with van der Waals surface area (Å²) in [6.45, 7) is 7.16. The summed E-state index contributed by atoms with van der Waals surface area (Å²) >= 11 is 1.65. The van der Waals surface area contributed by atoms with Gasteiger partial charge < -0.3 is 14.7 Å². The van der Waals surface area contributed by atoms with E-state index in [-0.39, 0.29) is 11.3 Å². The van der Waals surface area contributed by atoms with Crippen LogP contribution in [0.4, 0.5) is 18.9 Å². The average molecular weight is 609 g/mol. The van der Waals surface area contributed by atoms with E-state index < -0.39 is 12.7 Å². The normalized spacial score (nSPS) is 17.8. The van der Waals surface area contributed by atoms with Gasteiger partial charge in [0.1, 0.15) is 12.1 Å². The first-order valence-corrected chi connectivity index (χ1v) is 14.9. The molecule has 0 spiro atoms. The standard InChI is InChI=1S/C31H31F3N6O2S/c1-19-16-20(2)26(21(3)17-19)39-14-15-43-29(39)36-28(41)37-30(12-13-30)23-6-4-22(5-7-23)27-35-18-40(38-27)24-8-10-25(11-9-24)42-31(32,33)34/h4-11,16-18,28,37,41H,12-15H2,1-3H3. The number of halogens is 3. The van der Waals surface area contributed by atoms with Crippen molar-refractivity contribution in [1.82, 2.24) is 20.1 Å². The highest BCUT2D eigenvalue weighted by molar-refractivity contribution is 8.14. The third kappa shape index (κ3) is 6.41. The van der Waals surface area contributed by atoms with Gasteiger partial charge in [0, 0.05) is 29.1 Å². The Bertz CT molecular complexity index is 1630. The molecule has 1 aliphatic heterocycles. The summed E-state index contributed by atoms with van der Waals surface area (Å²) in [5.74, 6) is 1.08. The van der Waals surface area contributed by atoms with Gasteiger partial charge in [-0.2, -0.15) is 0 Å². The molecule has 0 bridgehead atoms. The summed E-state index contributed by atoms with van der Waals surface area (Å²) in [6, 6.07) is 17.6. The molecular weight excluding hydrogens is 577 g/mol. The molecule has 12 heteroatoms. The average Bonchev–Trinajstić information content (AvgIpc) is 3.32. The molecule has 1 saturated carbocycles. The number of hydrogen-bond donors (Lipinski definition) is 2. The van der Waals surface area contributed by atoms with Gasteiger partial charge >= 0.3 is 6.36 Å². The molecular formula is C31H31F3N6O2S. The fourth-order valence-electron chi connectivity index (χ4n) is 5.60. The van der Waals surface area contributed by atoms with Crippen LogP contribution in [0.5, 0.6) is 5.75 Å². The van der Waals surface area contributed by atoms with Gasteiger partial charge in [-0.25, -0.2) is 14.7 Å². The molecule has 4 aromatic rings. The molecule has 224 valence electrons. The van der Waals surface area contributed by atoms with Gasteiger partial charge in [-0.15, -0.1) is 18.3 Å². The van der Waals surface area contributed by atoms with E-state index in [0.29, 0.717) is 11.5 Å². The van der Waals surface area contributed by atoms with Gasteiger partial charge in [-0.1, -0.05) is 53.7 Å². The van der Waals surface area contributed by atoms with E-state index in [4.69, 9.17) is 0 Å². The van der Waals surface area contributed by atoms with Gasteiger partial charge in [0.25, 0.3) is 0 Å². The van der Waals surface area contributed by atoms with Crippen LogP contribution in [0.1, 0.15) is 35.1 Å². The number of aryl methyl sites for hydroxylation is 3. The van der Waals surface area contributed by atoms with Crippen LogP contribution in [0.2, 0.25) is 0 Å². The Morgan fingerprint density at radius 2 is 1.70 bits per heavy atom. The lowest BCUT2D eigenvalue weighted by Crippen LogP contribution is -2.39. The van der Waals surface area contributed by atoms with E-state index in [2.05, 4.69) is 62.9 Å². The summed E-state index contributed by atoms with van der Waals surface area (Å²) in [7, 11) is 0. The van der Waals surface area contributed by atoms with Gasteiger partial charge in [-0.05, 0) is 74.6 Å². The molecule has 1 atom stereocenters. The maximum absolute atomic E-state index is 12.4. The highest BCUT2D eigenvalue weighted by Crippen LogP contribution is 2.46. The number of benzene rings is 3. The van der Waals surface area contributed by atoms with E-state index in [1.54, 1.807) is 11.8 Å². The SMILES string of the molecule is Cc1cc(C)c(N2CCSC2=NC(O)NC2(c3ccc(-c4ncn(-c5ccc(OC(F)(F)F)cc5)n4)cc3)CC2)c(C)c1. The van der Waals surface area contributed by atoms with Crippen LogP contribution in [0, 0.1) is 20.8 Å². The molecule has 2 heterocycles. The number of aliphatic imine (C=N–C) groups is 1. The smallest absolute Gasteiger partial charge is 0.406 e. The fraction of sp³-hybridized carbons (Fsp3) is 0.323. The van der Waals surface area contributed by atoms with Crippen molar-refractivity contribution in [3.05, 3.63) is 89.2 Å². The number of amidine groups is 1. The van der Waals surface area contributed by atoms with E-state index in [9.17, 15) is 18.3 Å². The number of aliphatic hydroxyl groups excluding tert-OH is 1. The number of alkyl halides is 3. The predicted octanol–water partition coefficient (Wildman–Crippen LogP) is 6.22. The zero-order chi connectivity index (χ0) is 30.4. The minimum atomic E-state index is -4.75. The fourth-order valence-corrected chi connectivity index (χ4v) is 6.57. The zero-order valence-electron chi connectivity index (χ0n) is 23.9. The molecule has 2 N–H and O–H groups in total. The Kier molecular flexibility index (Phi) is 7.69. The number of hydrogen-bond acceptors (Lipinski definition) is 7. The van der Waals surface area contributed by atoms with Crippen LogP contribution >= 0.6 is 11.8 Å². The van der Waals surface area contributed by atoms with Crippen LogP contribution < -0.4 is 15.0 Å². The van der Waals surface area contributed by atoms with Crippen molar-refractivity contribution in [2.24, 2.45) is 4.99 Å². The highest BCUT2D eigenvalue weighted by Gasteiger charge is 2.45. The predicted molar refractivity (Wildman–Crippen MR) is 161 cm³/mol. The second kappa shape index (κ2) is 11.3.